The fourth-order valence-corrected chi connectivity index (χ4v) is 0.817. The molecule has 0 fully saturated rings. The molecule has 0 aromatic carbocycles. The van der Waals surface area contributed by atoms with Gasteiger partial charge in [0.15, 0.2) is 5.82 Å². The highest BCUT2D eigenvalue weighted by Gasteiger charge is 2.05. The normalized spacial score (nSPS) is 11.1. The van der Waals surface area contributed by atoms with E-state index in [-0.39, 0.29) is 16.8 Å². The Balaban J connectivity index is 2.97. The van der Waals surface area contributed by atoms with E-state index in [1.54, 1.807) is 0 Å². The minimum absolute atomic E-state index is 0.0190. The molecule has 1 amide bonds. The first kappa shape index (κ1) is 10.4. The van der Waals surface area contributed by atoms with E-state index >= 15 is 0 Å². The number of aromatic nitrogens is 2. The van der Waals surface area contributed by atoms with Gasteiger partial charge < -0.3 is 0 Å². The van der Waals surface area contributed by atoms with Crippen LogP contribution in [-0.2, 0) is 4.79 Å². The highest BCUT2D eigenvalue weighted by Crippen LogP contribution is 2.09. The van der Waals surface area contributed by atoms with E-state index < -0.39 is 5.91 Å². The maximum absolute atomic E-state index is 10.7. The fourth-order valence-electron chi connectivity index (χ4n) is 0.674. The first-order valence-corrected chi connectivity index (χ1v) is 3.93. The van der Waals surface area contributed by atoms with Gasteiger partial charge in [0.1, 0.15) is 5.71 Å². The Kier molecular flexibility index (Phi) is 3.35. The van der Waals surface area contributed by atoms with Gasteiger partial charge in [-0.1, -0.05) is 0 Å². The van der Waals surface area contributed by atoms with Crippen molar-refractivity contribution in [2.45, 2.75) is 6.92 Å². The number of hydrogen-bond acceptors (Lipinski definition) is 5. The molecule has 7 heteroatoms. The molecule has 6 nitrogen and oxygen atoms in total. The van der Waals surface area contributed by atoms with Gasteiger partial charge in [0.25, 0.3) is 0 Å². The second-order valence-corrected chi connectivity index (χ2v) is 2.62. The molecule has 0 radical (unpaired) electrons. The van der Waals surface area contributed by atoms with Crippen molar-refractivity contribution in [2.24, 2.45) is 10.2 Å². The van der Waals surface area contributed by atoms with Crippen LogP contribution < -0.4 is 0 Å². The highest BCUT2D eigenvalue weighted by molar-refractivity contribution is 6.38. The van der Waals surface area contributed by atoms with Crippen LogP contribution in [0.15, 0.2) is 22.4 Å². The third-order valence-electron chi connectivity index (χ3n) is 1.29. The van der Waals surface area contributed by atoms with Gasteiger partial charge in [0.2, 0.25) is 5.28 Å². The van der Waals surface area contributed by atoms with Crippen LogP contribution >= 0.6 is 11.6 Å². The van der Waals surface area contributed by atoms with Crippen molar-refractivity contribution in [2.75, 3.05) is 0 Å². The van der Waals surface area contributed by atoms with Crippen molar-refractivity contribution in [1.82, 2.24) is 9.97 Å². The van der Waals surface area contributed by atoms with E-state index in [0.29, 0.717) is 0 Å². The number of halogens is 1. The summed E-state index contributed by atoms with van der Waals surface area (Å²) in [6.45, 7) is 1.36. The summed E-state index contributed by atoms with van der Waals surface area (Å²) in [5.41, 5.74) is -0.0465. The molecule has 1 aromatic rings. The van der Waals surface area contributed by atoms with Crippen LogP contribution in [-0.4, -0.2) is 21.6 Å². The van der Waals surface area contributed by atoms with Gasteiger partial charge >= 0.3 is 5.91 Å². The minimum Gasteiger partial charge on any atom is -0.262 e. The third-order valence-corrected chi connectivity index (χ3v) is 1.47. The van der Waals surface area contributed by atoms with Crippen molar-refractivity contribution in [1.29, 1.82) is 0 Å². The van der Waals surface area contributed by atoms with Crippen LogP contribution in [0.2, 0.25) is 5.28 Å². The summed E-state index contributed by atoms with van der Waals surface area (Å²) in [4.78, 5) is 31.6. The van der Waals surface area contributed by atoms with Crippen molar-refractivity contribution in [3.05, 3.63) is 22.5 Å². The highest BCUT2D eigenvalue weighted by atomic mass is 35.5. The number of aliphatic imine (C=N–C) groups is 1. The number of carbonyl (C=O) groups is 1. The van der Waals surface area contributed by atoms with Crippen molar-refractivity contribution < 1.29 is 4.79 Å². The zero-order valence-corrected chi connectivity index (χ0v) is 7.89. The topological polar surface area (TPSA) is 84.6 Å². The molecule has 14 heavy (non-hydrogen) atoms. The second kappa shape index (κ2) is 4.52. The van der Waals surface area contributed by atoms with Gasteiger partial charge in [0, 0.05) is 17.4 Å². The van der Waals surface area contributed by atoms with Crippen LogP contribution in [0, 0.1) is 4.91 Å². The lowest BCUT2D eigenvalue weighted by atomic mass is 10.4. The number of rotatable bonds is 2. The lowest BCUT2D eigenvalue weighted by Gasteiger charge is -1.93. The lowest BCUT2D eigenvalue weighted by molar-refractivity contribution is -0.111. The minimum atomic E-state index is -0.931. The average Bonchev–Trinajstić information content (AvgIpc) is 2.16. The van der Waals surface area contributed by atoms with Crippen LogP contribution in [0.1, 0.15) is 6.92 Å². The molecule has 1 rings (SSSR count). The van der Waals surface area contributed by atoms with Gasteiger partial charge in [-0.15, -0.1) is 4.91 Å². The van der Waals surface area contributed by atoms with Crippen molar-refractivity contribution in [3.63, 3.8) is 0 Å². The molecule has 0 saturated heterocycles. The maximum atomic E-state index is 10.7. The van der Waals surface area contributed by atoms with Crippen LogP contribution in [0.25, 0.3) is 0 Å². The van der Waals surface area contributed by atoms with E-state index in [1.165, 1.54) is 19.2 Å². The number of amides is 1. The van der Waals surface area contributed by atoms with Gasteiger partial charge in [-0.25, -0.2) is 9.98 Å². The molecule has 0 bridgehead atoms. The van der Waals surface area contributed by atoms with Crippen LogP contribution in [0.5, 0.6) is 0 Å². The Labute approximate surface area is 84.0 Å². The predicted molar refractivity (Wildman–Crippen MR) is 50.6 cm³/mol. The zero-order chi connectivity index (χ0) is 10.6. The van der Waals surface area contributed by atoms with Gasteiger partial charge in [-0.3, -0.25) is 4.79 Å². The molecule has 1 heterocycles. The number of nitrogens with zero attached hydrogens (tertiary/aromatic N) is 4. The van der Waals surface area contributed by atoms with Crippen LogP contribution in [0.3, 0.4) is 0 Å². The summed E-state index contributed by atoms with van der Waals surface area (Å²) in [5.74, 6) is -0.723. The maximum Gasteiger partial charge on any atom is 0.330 e. The Bertz CT molecular complexity index is 404. The van der Waals surface area contributed by atoms with Crippen molar-refractivity contribution in [3.8, 4) is 0 Å². The number of hydrogen-bond donors (Lipinski definition) is 0. The molecule has 0 aliphatic heterocycles. The summed E-state index contributed by atoms with van der Waals surface area (Å²) in [6.07, 6.45) is 1.39. The van der Waals surface area contributed by atoms with Gasteiger partial charge in [-0.2, -0.15) is 4.98 Å². The SMILES string of the molecule is CC(=Nc1ccnc(Cl)n1)C(=O)N=O. The molecular formula is C7H5ClN4O2. The average molecular weight is 213 g/mol. The smallest absolute Gasteiger partial charge is 0.262 e. The zero-order valence-electron chi connectivity index (χ0n) is 7.14. The molecule has 0 atom stereocenters. The third kappa shape index (κ3) is 2.67. The Hall–Kier alpha value is -1.69. The quantitative estimate of drug-likeness (QED) is 0.423. The van der Waals surface area contributed by atoms with Gasteiger partial charge in [0.05, 0.1) is 0 Å². The van der Waals surface area contributed by atoms with E-state index in [1.807, 2.05) is 0 Å². The number of carbonyl (C=O) groups excluding carboxylic acids is 1. The largest absolute Gasteiger partial charge is 0.330 e. The fraction of sp³-hybridized carbons (Fsp3) is 0.143. The summed E-state index contributed by atoms with van der Waals surface area (Å²) < 4.78 is 0. The molecule has 0 N–H and O–H groups in total. The Morgan fingerprint density at radius 3 is 2.86 bits per heavy atom. The molecular weight excluding hydrogens is 208 g/mol. The molecule has 0 aliphatic carbocycles. The Morgan fingerprint density at radius 2 is 2.29 bits per heavy atom. The molecule has 0 aliphatic rings. The molecule has 72 valence electrons. The summed E-state index contributed by atoms with van der Waals surface area (Å²) in [6, 6.07) is 1.45. The second-order valence-electron chi connectivity index (χ2n) is 2.28. The van der Waals surface area contributed by atoms with Crippen LogP contribution in [0.4, 0.5) is 5.82 Å². The standard InChI is InChI=1S/C7H5ClN4O2/c1-4(6(13)12-14)10-5-2-3-9-7(8)11-5/h2-3H,1H3. The first-order valence-electron chi connectivity index (χ1n) is 3.55. The predicted octanol–water partition coefficient (Wildman–Crippen LogP) is 1.52. The molecule has 0 unspecified atom stereocenters. The Morgan fingerprint density at radius 1 is 1.57 bits per heavy atom. The molecule has 1 aromatic heterocycles. The monoisotopic (exact) mass is 212 g/mol. The van der Waals surface area contributed by atoms with Crippen molar-refractivity contribution >= 4 is 29.0 Å². The molecule has 0 spiro atoms. The summed E-state index contributed by atoms with van der Waals surface area (Å²) in [5, 5.41) is 2.23. The summed E-state index contributed by atoms with van der Waals surface area (Å²) >= 11 is 5.48. The lowest BCUT2D eigenvalue weighted by Crippen LogP contribution is -2.05. The van der Waals surface area contributed by atoms with E-state index in [4.69, 9.17) is 11.6 Å². The molecule has 0 saturated carbocycles. The first-order chi connectivity index (χ1) is 6.63. The summed E-state index contributed by atoms with van der Waals surface area (Å²) in [7, 11) is 0. The van der Waals surface area contributed by atoms with E-state index in [9.17, 15) is 9.70 Å². The van der Waals surface area contributed by atoms with E-state index in [2.05, 4.69) is 20.1 Å². The van der Waals surface area contributed by atoms with E-state index in [0.717, 1.165) is 0 Å². The van der Waals surface area contributed by atoms with Gasteiger partial charge in [-0.05, 0) is 18.5 Å². The number of nitroso groups, excluding NO2 is 1.